The van der Waals surface area contributed by atoms with E-state index in [0.717, 1.165) is 5.56 Å². The maximum Gasteiger partial charge on any atom is 0.240 e. The molecule has 26 heavy (non-hydrogen) atoms. The van der Waals surface area contributed by atoms with Crippen LogP contribution in [0.3, 0.4) is 0 Å². The van der Waals surface area contributed by atoms with E-state index in [1.807, 2.05) is 30.3 Å². The first-order valence-corrected chi connectivity index (χ1v) is 9.84. The Kier molecular flexibility index (Phi) is 6.76. The number of aryl methyl sites for hydroxylation is 1. The van der Waals surface area contributed by atoms with Gasteiger partial charge in [0.25, 0.3) is 0 Å². The van der Waals surface area contributed by atoms with Crippen molar-refractivity contribution in [3.63, 3.8) is 0 Å². The number of carbonyl (C=O) groups excluding carboxylic acids is 1. The number of rotatable bonds is 8. The third-order valence-electron chi connectivity index (χ3n) is 3.63. The maximum atomic E-state index is 12.3. The van der Waals surface area contributed by atoms with Crippen molar-refractivity contribution in [2.24, 2.45) is 0 Å². The minimum Gasteiger partial charge on any atom is -0.495 e. The molecule has 0 heterocycles. The van der Waals surface area contributed by atoms with Crippen molar-refractivity contribution in [1.29, 1.82) is 0 Å². The molecule has 1 amide bonds. The summed E-state index contributed by atoms with van der Waals surface area (Å²) < 4.78 is 32.4. The largest absolute Gasteiger partial charge is 0.495 e. The molecule has 0 unspecified atom stereocenters. The highest BCUT2D eigenvalue weighted by Crippen LogP contribution is 2.27. The predicted molar refractivity (Wildman–Crippen MR) is 102 cm³/mol. The van der Waals surface area contributed by atoms with E-state index in [1.54, 1.807) is 13.8 Å². The van der Waals surface area contributed by atoms with Crippen LogP contribution in [-0.2, 0) is 21.2 Å². The van der Waals surface area contributed by atoms with Gasteiger partial charge in [-0.15, -0.1) is 0 Å². The number of ether oxygens (including phenoxy) is 1. The van der Waals surface area contributed by atoms with Crippen molar-refractivity contribution < 1.29 is 17.9 Å². The molecule has 2 aromatic carbocycles. The van der Waals surface area contributed by atoms with Crippen molar-refractivity contribution >= 4 is 21.6 Å². The molecule has 0 aliphatic rings. The Bertz CT molecular complexity index is 849. The molecular weight excluding hydrogens is 352 g/mol. The molecule has 2 N–H and O–H groups in total. The van der Waals surface area contributed by atoms with Gasteiger partial charge >= 0.3 is 0 Å². The first kappa shape index (κ1) is 19.9. The van der Waals surface area contributed by atoms with E-state index in [4.69, 9.17) is 4.74 Å². The van der Waals surface area contributed by atoms with E-state index < -0.39 is 10.0 Å². The molecule has 6 nitrogen and oxygen atoms in total. The van der Waals surface area contributed by atoms with Gasteiger partial charge in [-0.05, 0) is 44.0 Å². The molecule has 0 aromatic heterocycles. The summed E-state index contributed by atoms with van der Waals surface area (Å²) in [4.78, 5) is 12.3. The quantitative estimate of drug-likeness (QED) is 0.742. The summed E-state index contributed by atoms with van der Waals surface area (Å²) >= 11 is 0. The number of anilines is 1. The number of carbonyl (C=O) groups is 1. The number of sulfonamides is 1. The lowest BCUT2D eigenvalue weighted by molar-refractivity contribution is -0.116. The molecule has 140 valence electrons. The second kappa shape index (κ2) is 8.82. The molecule has 7 heteroatoms. The fourth-order valence-corrected chi connectivity index (χ4v) is 3.72. The monoisotopic (exact) mass is 376 g/mol. The van der Waals surface area contributed by atoms with Crippen LogP contribution in [0, 0.1) is 0 Å². The van der Waals surface area contributed by atoms with Crippen LogP contribution in [0.5, 0.6) is 5.75 Å². The van der Waals surface area contributed by atoms with Crippen molar-refractivity contribution in [3.05, 3.63) is 54.1 Å². The number of hydrogen-bond donors (Lipinski definition) is 2. The summed E-state index contributed by atoms with van der Waals surface area (Å²) in [5, 5.41) is 2.74. The highest BCUT2D eigenvalue weighted by molar-refractivity contribution is 7.89. The summed E-state index contributed by atoms with van der Waals surface area (Å²) in [5.41, 5.74) is 1.39. The Morgan fingerprint density at radius 2 is 1.81 bits per heavy atom. The van der Waals surface area contributed by atoms with Gasteiger partial charge in [-0.3, -0.25) is 4.79 Å². The number of benzene rings is 2. The van der Waals surface area contributed by atoms with E-state index in [1.165, 1.54) is 25.3 Å². The average Bonchev–Trinajstić information content (AvgIpc) is 2.59. The molecule has 0 atom stereocenters. The number of hydrogen-bond acceptors (Lipinski definition) is 4. The van der Waals surface area contributed by atoms with Crippen LogP contribution < -0.4 is 14.8 Å². The van der Waals surface area contributed by atoms with Crippen molar-refractivity contribution in [1.82, 2.24) is 4.72 Å². The zero-order chi connectivity index (χ0) is 19.2. The van der Waals surface area contributed by atoms with Crippen LogP contribution in [0.15, 0.2) is 53.4 Å². The fraction of sp³-hybridized carbons (Fsp3) is 0.316. The molecule has 0 aliphatic heterocycles. The predicted octanol–water partition coefficient (Wildman–Crippen LogP) is 2.95. The zero-order valence-corrected chi connectivity index (χ0v) is 16.0. The van der Waals surface area contributed by atoms with Gasteiger partial charge in [0.15, 0.2) is 0 Å². The molecule has 0 radical (unpaired) electrons. The Morgan fingerprint density at radius 1 is 1.12 bits per heavy atom. The SMILES string of the molecule is COc1ccc(S(=O)(=O)NC(C)C)cc1NC(=O)CCc1ccccc1. The van der Waals surface area contributed by atoms with Gasteiger partial charge in [0.1, 0.15) is 5.75 Å². The van der Waals surface area contributed by atoms with Gasteiger partial charge in [0, 0.05) is 12.5 Å². The summed E-state index contributed by atoms with van der Waals surface area (Å²) in [7, 11) is -2.19. The minimum absolute atomic E-state index is 0.0744. The lowest BCUT2D eigenvalue weighted by Gasteiger charge is -2.14. The summed E-state index contributed by atoms with van der Waals surface area (Å²) in [5.74, 6) is 0.195. The number of nitrogens with one attached hydrogen (secondary N) is 2. The van der Waals surface area contributed by atoms with Gasteiger partial charge < -0.3 is 10.1 Å². The van der Waals surface area contributed by atoms with Gasteiger partial charge in [0.05, 0.1) is 17.7 Å². The van der Waals surface area contributed by atoms with E-state index in [-0.39, 0.29) is 23.3 Å². The Hall–Kier alpha value is -2.38. The van der Waals surface area contributed by atoms with Crippen molar-refractivity contribution in [2.45, 2.75) is 37.6 Å². The van der Waals surface area contributed by atoms with E-state index in [9.17, 15) is 13.2 Å². The summed E-state index contributed by atoms with van der Waals surface area (Å²) in [6.07, 6.45) is 0.885. The summed E-state index contributed by atoms with van der Waals surface area (Å²) in [6, 6.07) is 13.8. The molecule has 0 aliphatic carbocycles. The van der Waals surface area contributed by atoms with Crippen LogP contribution >= 0.6 is 0 Å². The molecule has 2 rings (SSSR count). The van der Waals surface area contributed by atoms with Gasteiger partial charge in [-0.2, -0.15) is 0 Å². The summed E-state index contributed by atoms with van der Waals surface area (Å²) in [6.45, 7) is 3.49. The van der Waals surface area contributed by atoms with E-state index in [2.05, 4.69) is 10.0 Å². The topological polar surface area (TPSA) is 84.5 Å². The maximum absolute atomic E-state index is 12.3. The molecule has 2 aromatic rings. The Morgan fingerprint density at radius 3 is 2.42 bits per heavy atom. The zero-order valence-electron chi connectivity index (χ0n) is 15.2. The normalized spacial score (nSPS) is 11.4. The van der Waals surface area contributed by atoms with Crippen LogP contribution in [0.4, 0.5) is 5.69 Å². The Labute approximate surface area is 154 Å². The second-order valence-corrected chi connectivity index (χ2v) is 7.89. The number of methoxy groups -OCH3 is 1. The van der Waals surface area contributed by atoms with E-state index >= 15 is 0 Å². The smallest absolute Gasteiger partial charge is 0.240 e. The highest BCUT2D eigenvalue weighted by Gasteiger charge is 2.18. The molecule has 0 fully saturated rings. The fourth-order valence-electron chi connectivity index (χ4n) is 2.45. The lowest BCUT2D eigenvalue weighted by Crippen LogP contribution is -2.30. The molecule has 0 saturated heterocycles. The van der Waals surface area contributed by atoms with Gasteiger partial charge in [-0.25, -0.2) is 13.1 Å². The molecular formula is C19H24N2O4S. The lowest BCUT2D eigenvalue weighted by atomic mass is 10.1. The van der Waals surface area contributed by atoms with Crippen molar-refractivity contribution in [2.75, 3.05) is 12.4 Å². The first-order valence-electron chi connectivity index (χ1n) is 8.36. The highest BCUT2D eigenvalue weighted by atomic mass is 32.2. The molecule has 0 bridgehead atoms. The molecule has 0 spiro atoms. The average molecular weight is 376 g/mol. The van der Waals surface area contributed by atoms with Crippen LogP contribution in [0.1, 0.15) is 25.8 Å². The van der Waals surface area contributed by atoms with Crippen LogP contribution in [0.25, 0.3) is 0 Å². The number of amides is 1. The third kappa shape index (κ3) is 5.57. The first-order chi connectivity index (χ1) is 12.3. The van der Waals surface area contributed by atoms with Gasteiger partial charge in [0.2, 0.25) is 15.9 Å². The van der Waals surface area contributed by atoms with Gasteiger partial charge in [-0.1, -0.05) is 30.3 Å². The third-order valence-corrected chi connectivity index (χ3v) is 5.29. The van der Waals surface area contributed by atoms with Crippen LogP contribution in [0.2, 0.25) is 0 Å². The van der Waals surface area contributed by atoms with Crippen LogP contribution in [-0.4, -0.2) is 27.5 Å². The molecule has 0 saturated carbocycles. The standard InChI is InChI=1S/C19H24N2O4S/c1-14(2)21-26(23,24)16-10-11-18(25-3)17(13-16)20-19(22)12-9-15-7-5-4-6-8-15/h4-8,10-11,13-14,21H,9,12H2,1-3H3,(H,20,22). The van der Waals surface area contributed by atoms with E-state index in [0.29, 0.717) is 17.9 Å². The second-order valence-electron chi connectivity index (χ2n) is 6.17. The Balaban J connectivity index is 2.14. The minimum atomic E-state index is -3.65. The van der Waals surface area contributed by atoms with Crippen molar-refractivity contribution in [3.8, 4) is 5.75 Å².